The third kappa shape index (κ3) is 2.96. The predicted octanol–water partition coefficient (Wildman–Crippen LogP) is 2.75. The van der Waals surface area contributed by atoms with Gasteiger partial charge in [-0.25, -0.2) is 9.37 Å². The highest BCUT2D eigenvalue weighted by molar-refractivity contribution is 7.11. The molecular weight excluding hydrogens is 277 g/mol. The number of aryl methyl sites for hydroxylation is 1. The number of amides is 1. The van der Waals surface area contributed by atoms with E-state index in [1.54, 1.807) is 20.2 Å². The molecule has 4 nitrogen and oxygen atoms in total. The van der Waals surface area contributed by atoms with Crippen LogP contribution in [-0.2, 0) is 6.54 Å². The average molecular weight is 293 g/mol. The van der Waals surface area contributed by atoms with Gasteiger partial charge in [0.2, 0.25) is 0 Å². The van der Waals surface area contributed by atoms with E-state index in [1.165, 1.54) is 28.4 Å². The molecule has 1 aromatic heterocycles. The number of hydrogen-bond donors (Lipinski definition) is 1. The van der Waals surface area contributed by atoms with Crippen LogP contribution >= 0.6 is 11.3 Å². The van der Waals surface area contributed by atoms with Crippen molar-refractivity contribution in [2.45, 2.75) is 20.4 Å². The number of benzene rings is 1. The molecule has 0 atom stereocenters. The molecule has 0 aliphatic heterocycles. The van der Waals surface area contributed by atoms with E-state index >= 15 is 0 Å². The largest absolute Gasteiger partial charge is 0.398 e. The summed E-state index contributed by atoms with van der Waals surface area (Å²) < 4.78 is 13.6. The molecule has 0 fully saturated rings. The molecule has 20 heavy (non-hydrogen) atoms. The molecule has 2 rings (SSSR count). The first kappa shape index (κ1) is 14.5. The number of carbonyl (C=O) groups excluding carboxylic acids is 1. The summed E-state index contributed by atoms with van der Waals surface area (Å²) in [5, 5.41) is 0.950. The smallest absolute Gasteiger partial charge is 0.254 e. The van der Waals surface area contributed by atoms with Crippen LogP contribution in [0.2, 0.25) is 0 Å². The summed E-state index contributed by atoms with van der Waals surface area (Å²) >= 11 is 1.53. The van der Waals surface area contributed by atoms with Crippen LogP contribution in [0.15, 0.2) is 18.3 Å². The van der Waals surface area contributed by atoms with E-state index in [1.807, 2.05) is 6.92 Å². The summed E-state index contributed by atoms with van der Waals surface area (Å²) in [5.41, 5.74) is 6.61. The van der Waals surface area contributed by atoms with Gasteiger partial charge >= 0.3 is 0 Å². The molecule has 6 heteroatoms. The Morgan fingerprint density at radius 2 is 2.15 bits per heavy atom. The van der Waals surface area contributed by atoms with Crippen LogP contribution in [0.5, 0.6) is 0 Å². The molecule has 2 N–H and O–H groups in total. The molecular formula is C14H16FN3OS. The fraction of sp³-hybridized carbons (Fsp3) is 0.286. The van der Waals surface area contributed by atoms with Crippen LogP contribution in [0.3, 0.4) is 0 Å². The van der Waals surface area contributed by atoms with Crippen molar-refractivity contribution in [2.75, 3.05) is 12.8 Å². The fourth-order valence-corrected chi connectivity index (χ4v) is 2.68. The van der Waals surface area contributed by atoms with E-state index in [2.05, 4.69) is 4.98 Å². The van der Waals surface area contributed by atoms with Crippen LogP contribution in [0, 0.1) is 19.7 Å². The molecule has 0 aliphatic rings. The maximum Gasteiger partial charge on any atom is 0.254 e. The Balaban J connectivity index is 2.18. The summed E-state index contributed by atoms with van der Waals surface area (Å²) in [6.45, 7) is 3.94. The van der Waals surface area contributed by atoms with E-state index in [-0.39, 0.29) is 17.2 Å². The molecule has 0 saturated heterocycles. The van der Waals surface area contributed by atoms with Gasteiger partial charge in [-0.3, -0.25) is 4.79 Å². The molecule has 1 aromatic carbocycles. The van der Waals surface area contributed by atoms with Crippen molar-refractivity contribution in [3.63, 3.8) is 0 Å². The molecule has 0 aliphatic carbocycles. The van der Waals surface area contributed by atoms with Gasteiger partial charge in [0, 0.05) is 34.9 Å². The number of thiazole rings is 1. The van der Waals surface area contributed by atoms with Crippen molar-refractivity contribution < 1.29 is 9.18 Å². The zero-order chi connectivity index (χ0) is 14.9. The zero-order valence-electron chi connectivity index (χ0n) is 11.6. The van der Waals surface area contributed by atoms with Crippen LogP contribution in [0.4, 0.5) is 10.1 Å². The van der Waals surface area contributed by atoms with Crippen molar-refractivity contribution in [3.8, 4) is 0 Å². The monoisotopic (exact) mass is 293 g/mol. The Hall–Kier alpha value is -1.95. The summed E-state index contributed by atoms with van der Waals surface area (Å²) in [7, 11) is 1.67. The van der Waals surface area contributed by atoms with Crippen LogP contribution < -0.4 is 5.73 Å². The Kier molecular flexibility index (Phi) is 4.04. The molecule has 0 radical (unpaired) electrons. The normalized spacial score (nSPS) is 10.6. The zero-order valence-corrected chi connectivity index (χ0v) is 12.4. The average Bonchev–Trinajstić information content (AvgIpc) is 2.79. The third-order valence-corrected chi connectivity index (χ3v) is 3.94. The van der Waals surface area contributed by atoms with E-state index < -0.39 is 5.82 Å². The van der Waals surface area contributed by atoms with Gasteiger partial charge in [-0.15, -0.1) is 11.3 Å². The first-order valence-corrected chi connectivity index (χ1v) is 6.92. The van der Waals surface area contributed by atoms with Crippen molar-refractivity contribution in [3.05, 3.63) is 45.2 Å². The van der Waals surface area contributed by atoms with Gasteiger partial charge in [0.1, 0.15) is 5.82 Å². The number of carbonyl (C=O) groups is 1. The van der Waals surface area contributed by atoms with Gasteiger partial charge < -0.3 is 10.6 Å². The lowest BCUT2D eigenvalue weighted by atomic mass is 10.1. The summed E-state index contributed by atoms with van der Waals surface area (Å²) in [4.78, 5) is 18.9. The summed E-state index contributed by atoms with van der Waals surface area (Å²) in [6, 6.07) is 2.73. The lowest BCUT2D eigenvalue weighted by Crippen LogP contribution is -2.26. The second kappa shape index (κ2) is 5.58. The van der Waals surface area contributed by atoms with Gasteiger partial charge in [0.15, 0.2) is 0 Å². The Morgan fingerprint density at radius 3 is 2.70 bits per heavy atom. The van der Waals surface area contributed by atoms with Crippen LogP contribution in [0.25, 0.3) is 0 Å². The second-order valence-corrected chi connectivity index (χ2v) is 6.00. The minimum Gasteiger partial charge on any atom is -0.398 e. The number of hydrogen-bond acceptors (Lipinski definition) is 4. The van der Waals surface area contributed by atoms with Crippen LogP contribution in [-0.4, -0.2) is 22.8 Å². The van der Waals surface area contributed by atoms with E-state index in [0.29, 0.717) is 12.1 Å². The number of rotatable bonds is 3. The summed E-state index contributed by atoms with van der Waals surface area (Å²) in [6.07, 6.45) is 1.74. The number of aromatic nitrogens is 1. The standard InChI is InChI=1S/C14H16FN3OS/c1-8-12(15)4-10(5-13(8)16)14(19)18(3)7-11-6-17-9(2)20-11/h4-6H,7,16H2,1-3H3. The second-order valence-electron chi connectivity index (χ2n) is 4.68. The van der Waals surface area contributed by atoms with E-state index in [4.69, 9.17) is 5.73 Å². The molecule has 1 heterocycles. The van der Waals surface area contributed by atoms with Crippen molar-refractivity contribution in [2.24, 2.45) is 0 Å². The Bertz CT molecular complexity index is 631. The lowest BCUT2D eigenvalue weighted by molar-refractivity contribution is 0.0786. The van der Waals surface area contributed by atoms with E-state index in [0.717, 1.165) is 9.88 Å². The number of halogens is 1. The molecule has 0 saturated carbocycles. The number of nitrogen functional groups attached to an aromatic ring is 1. The number of nitrogens with zero attached hydrogens (tertiary/aromatic N) is 2. The minimum absolute atomic E-state index is 0.259. The third-order valence-electron chi connectivity index (χ3n) is 3.04. The topological polar surface area (TPSA) is 59.2 Å². The van der Waals surface area contributed by atoms with E-state index in [9.17, 15) is 9.18 Å². The highest BCUT2D eigenvalue weighted by Gasteiger charge is 2.16. The van der Waals surface area contributed by atoms with Crippen LogP contribution in [0.1, 0.15) is 25.8 Å². The quantitative estimate of drug-likeness (QED) is 0.885. The maximum absolute atomic E-state index is 13.6. The first-order valence-electron chi connectivity index (χ1n) is 6.11. The maximum atomic E-state index is 13.6. The molecule has 106 valence electrons. The minimum atomic E-state index is -0.463. The van der Waals surface area contributed by atoms with Gasteiger partial charge in [-0.1, -0.05) is 0 Å². The van der Waals surface area contributed by atoms with Crippen molar-refractivity contribution in [1.29, 1.82) is 0 Å². The Labute approximate surface area is 121 Å². The Morgan fingerprint density at radius 1 is 1.45 bits per heavy atom. The molecule has 0 bridgehead atoms. The van der Waals surface area contributed by atoms with Crippen molar-refractivity contribution in [1.82, 2.24) is 9.88 Å². The molecule has 0 spiro atoms. The van der Waals surface area contributed by atoms with Gasteiger partial charge in [0.05, 0.1) is 11.6 Å². The van der Waals surface area contributed by atoms with Gasteiger partial charge in [0.25, 0.3) is 5.91 Å². The first-order chi connectivity index (χ1) is 9.38. The number of nitrogens with two attached hydrogens (primary N) is 1. The molecule has 1 amide bonds. The number of anilines is 1. The van der Waals surface area contributed by atoms with Gasteiger partial charge in [-0.05, 0) is 26.0 Å². The molecule has 2 aromatic rings. The SMILES string of the molecule is Cc1ncc(CN(C)C(=O)c2cc(N)c(C)c(F)c2)s1. The highest BCUT2D eigenvalue weighted by atomic mass is 32.1. The fourth-order valence-electron chi connectivity index (χ4n) is 1.83. The van der Waals surface area contributed by atoms with Crippen molar-refractivity contribution >= 4 is 22.9 Å². The lowest BCUT2D eigenvalue weighted by Gasteiger charge is -2.17. The predicted molar refractivity (Wildman–Crippen MR) is 78.2 cm³/mol. The highest BCUT2D eigenvalue weighted by Crippen LogP contribution is 2.20. The van der Waals surface area contributed by atoms with Gasteiger partial charge in [-0.2, -0.15) is 0 Å². The molecule has 0 unspecified atom stereocenters. The summed E-state index contributed by atoms with van der Waals surface area (Å²) in [5.74, 6) is -0.725.